The van der Waals surface area contributed by atoms with Crippen LogP contribution < -0.4 is 5.32 Å². The molecule has 2 aliphatic rings. The van der Waals surface area contributed by atoms with Crippen molar-refractivity contribution in [3.63, 3.8) is 0 Å². The van der Waals surface area contributed by atoms with Crippen LogP contribution in [0.4, 0.5) is 18.9 Å². The first kappa shape index (κ1) is 20.6. The van der Waals surface area contributed by atoms with Crippen molar-refractivity contribution in [1.29, 1.82) is 0 Å². The lowest BCUT2D eigenvalue weighted by Gasteiger charge is -2.27. The van der Waals surface area contributed by atoms with Gasteiger partial charge in [-0.2, -0.15) is 18.3 Å². The minimum Gasteiger partial charge on any atom is -0.321 e. The second kappa shape index (κ2) is 7.36. The molecule has 1 saturated heterocycles. The van der Waals surface area contributed by atoms with Crippen LogP contribution in [-0.4, -0.2) is 48.5 Å². The third-order valence-electron chi connectivity index (χ3n) is 4.41. The molecule has 0 aliphatic carbocycles. The molecule has 1 N–H and O–H groups in total. The highest BCUT2D eigenvalue weighted by atomic mass is 35.5. The van der Waals surface area contributed by atoms with Gasteiger partial charge in [0.25, 0.3) is 5.91 Å². The summed E-state index contributed by atoms with van der Waals surface area (Å²) in [5.41, 5.74) is -1.28. The summed E-state index contributed by atoms with van der Waals surface area (Å²) < 4.78 is 62.0. The van der Waals surface area contributed by atoms with Crippen molar-refractivity contribution in [2.24, 2.45) is 5.10 Å². The van der Waals surface area contributed by atoms with Crippen LogP contribution >= 0.6 is 11.6 Å². The minimum atomic E-state index is -4.68. The molecular formula is C16H15ClF3N3O4S. The molecule has 0 bridgehead atoms. The SMILES string of the molecule is O=C(Nc1ccc(Cl)c(C(F)(F)F)c1)C1=NN(C2CCS(=O)(=O)C2)C(=O)CC1. The number of hydrogen-bond donors (Lipinski definition) is 1. The van der Waals surface area contributed by atoms with E-state index in [1.807, 2.05) is 0 Å². The number of halogens is 4. The van der Waals surface area contributed by atoms with Crippen molar-refractivity contribution in [2.75, 3.05) is 16.8 Å². The van der Waals surface area contributed by atoms with Crippen LogP contribution in [0.25, 0.3) is 0 Å². The van der Waals surface area contributed by atoms with E-state index in [0.717, 1.165) is 11.1 Å². The van der Waals surface area contributed by atoms with Gasteiger partial charge in [0.15, 0.2) is 9.84 Å². The summed E-state index contributed by atoms with van der Waals surface area (Å²) in [4.78, 5) is 24.5. The summed E-state index contributed by atoms with van der Waals surface area (Å²) in [6.45, 7) is 0. The van der Waals surface area contributed by atoms with Gasteiger partial charge in [-0.05, 0) is 24.6 Å². The third kappa shape index (κ3) is 4.46. The van der Waals surface area contributed by atoms with Crippen LogP contribution in [0.3, 0.4) is 0 Å². The van der Waals surface area contributed by atoms with Crippen molar-refractivity contribution < 1.29 is 31.2 Å². The summed E-state index contributed by atoms with van der Waals surface area (Å²) in [5, 5.41) is 6.79. The van der Waals surface area contributed by atoms with Crippen LogP contribution in [0.1, 0.15) is 24.8 Å². The number of hydrazone groups is 1. The fourth-order valence-corrected chi connectivity index (χ4v) is 4.93. The van der Waals surface area contributed by atoms with Crippen molar-refractivity contribution in [1.82, 2.24) is 5.01 Å². The molecule has 0 saturated carbocycles. The second-order valence-corrected chi connectivity index (χ2v) is 9.12. The fourth-order valence-electron chi connectivity index (χ4n) is 3.01. The van der Waals surface area contributed by atoms with Gasteiger partial charge in [0.2, 0.25) is 5.91 Å². The van der Waals surface area contributed by atoms with Gasteiger partial charge in [-0.3, -0.25) is 9.59 Å². The molecule has 152 valence electrons. The molecule has 1 aromatic rings. The van der Waals surface area contributed by atoms with E-state index < -0.39 is 44.5 Å². The average Bonchev–Trinajstić information content (AvgIpc) is 2.95. The molecule has 12 heteroatoms. The monoisotopic (exact) mass is 437 g/mol. The molecule has 0 aromatic heterocycles. The molecule has 1 atom stereocenters. The molecular weight excluding hydrogens is 423 g/mol. The Labute approximate surface area is 163 Å². The molecule has 0 spiro atoms. The van der Waals surface area contributed by atoms with Crippen LogP contribution in [0, 0.1) is 0 Å². The quantitative estimate of drug-likeness (QED) is 0.785. The summed E-state index contributed by atoms with van der Waals surface area (Å²) in [5.74, 6) is -1.47. The number of hydrogen-bond acceptors (Lipinski definition) is 5. The van der Waals surface area contributed by atoms with Gasteiger partial charge in [0, 0.05) is 18.5 Å². The molecule has 2 heterocycles. The number of nitrogens with zero attached hydrogens (tertiary/aromatic N) is 2. The molecule has 28 heavy (non-hydrogen) atoms. The van der Waals surface area contributed by atoms with E-state index in [9.17, 15) is 31.2 Å². The van der Waals surface area contributed by atoms with E-state index in [0.29, 0.717) is 6.07 Å². The van der Waals surface area contributed by atoms with E-state index in [-0.39, 0.29) is 42.2 Å². The van der Waals surface area contributed by atoms with Crippen molar-refractivity contribution in [3.8, 4) is 0 Å². The number of rotatable bonds is 3. The van der Waals surface area contributed by atoms with Gasteiger partial charge < -0.3 is 5.32 Å². The van der Waals surface area contributed by atoms with E-state index in [4.69, 9.17) is 11.6 Å². The molecule has 2 aliphatic heterocycles. The average molecular weight is 438 g/mol. The minimum absolute atomic E-state index is 0.000352. The van der Waals surface area contributed by atoms with Gasteiger partial charge >= 0.3 is 6.18 Å². The maximum absolute atomic E-state index is 12.9. The highest BCUT2D eigenvalue weighted by Crippen LogP contribution is 2.36. The maximum Gasteiger partial charge on any atom is 0.417 e. The third-order valence-corrected chi connectivity index (χ3v) is 6.49. The number of carbonyl (C=O) groups excluding carboxylic acids is 2. The number of anilines is 1. The van der Waals surface area contributed by atoms with Crippen LogP contribution in [0.2, 0.25) is 5.02 Å². The van der Waals surface area contributed by atoms with Crippen molar-refractivity contribution in [3.05, 3.63) is 28.8 Å². The largest absolute Gasteiger partial charge is 0.417 e. The Hall–Kier alpha value is -2.14. The van der Waals surface area contributed by atoms with Gasteiger partial charge in [0.05, 0.1) is 28.1 Å². The predicted molar refractivity (Wildman–Crippen MR) is 95.7 cm³/mol. The summed E-state index contributed by atoms with van der Waals surface area (Å²) in [6, 6.07) is 2.29. The smallest absolute Gasteiger partial charge is 0.321 e. The summed E-state index contributed by atoms with van der Waals surface area (Å²) in [7, 11) is -3.26. The van der Waals surface area contributed by atoms with E-state index in [2.05, 4.69) is 10.4 Å². The molecule has 1 fully saturated rings. The Morgan fingerprint density at radius 3 is 2.61 bits per heavy atom. The zero-order chi connectivity index (χ0) is 20.7. The molecule has 1 aromatic carbocycles. The van der Waals surface area contributed by atoms with E-state index in [1.165, 1.54) is 6.07 Å². The number of benzene rings is 1. The Kier molecular flexibility index (Phi) is 5.41. The highest BCUT2D eigenvalue weighted by molar-refractivity contribution is 7.91. The van der Waals surface area contributed by atoms with Crippen LogP contribution in [0.5, 0.6) is 0 Å². The van der Waals surface area contributed by atoms with Crippen LogP contribution in [0.15, 0.2) is 23.3 Å². The first-order valence-corrected chi connectivity index (χ1v) is 10.4. The first-order chi connectivity index (χ1) is 13.0. The molecule has 2 amide bonds. The number of alkyl halides is 3. The van der Waals surface area contributed by atoms with Gasteiger partial charge in [-0.15, -0.1) is 0 Å². The standard InChI is InChI=1S/C16H15ClF3N3O4S/c17-12-2-1-9(7-11(12)16(18,19)20)21-15(25)13-3-4-14(24)23(22-13)10-5-6-28(26,27)8-10/h1-2,7,10H,3-6,8H2,(H,21,25). The second-order valence-electron chi connectivity index (χ2n) is 6.49. The topological polar surface area (TPSA) is 95.9 Å². The first-order valence-electron chi connectivity index (χ1n) is 8.24. The van der Waals surface area contributed by atoms with Crippen molar-refractivity contribution >= 4 is 44.7 Å². The number of sulfone groups is 1. The lowest BCUT2D eigenvalue weighted by atomic mass is 10.1. The highest BCUT2D eigenvalue weighted by Gasteiger charge is 2.37. The van der Waals surface area contributed by atoms with Gasteiger partial charge in [0.1, 0.15) is 5.71 Å². The Morgan fingerprint density at radius 1 is 1.29 bits per heavy atom. The van der Waals surface area contributed by atoms with E-state index in [1.54, 1.807) is 0 Å². The Balaban J connectivity index is 1.79. The molecule has 7 nitrogen and oxygen atoms in total. The predicted octanol–water partition coefficient (Wildman–Crippen LogP) is 2.46. The number of amides is 2. The molecule has 1 unspecified atom stereocenters. The van der Waals surface area contributed by atoms with Gasteiger partial charge in [-0.1, -0.05) is 11.6 Å². The number of nitrogens with one attached hydrogen (secondary N) is 1. The molecule has 3 rings (SSSR count). The zero-order valence-electron chi connectivity index (χ0n) is 14.3. The maximum atomic E-state index is 12.9. The zero-order valence-corrected chi connectivity index (χ0v) is 15.9. The summed E-state index contributed by atoms with van der Waals surface area (Å²) in [6.07, 6.45) is -4.51. The Morgan fingerprint density at radius 2 is 2.00 bits per heavy atom. The van der Waals surface area contributed by atoms with Gasteiger partial charge in [-0.25, -0.2) is 13.4 Å². The number of carbonyl (C=O) groups is 2. The van der Waals surface area contributed by atoms with Crippen molar-refractivity contribution in [2.45, 2.75) is 31.5 Å². The molecule has 0 radical (unpaired) electrons. The fraction of sp³-hybridized carbons (Fsp3) is 0.438. The van der Waals surface area contributed by atoms with Crippen LogP contribution in [-0.2, 0) is 25.6 Å². The normalized spacial score (nSPS) is 22.1. The Bertz CT molecular complexity index is 962. The lowest BCUT2D eigenvalue weighted by Crippen LogP contribution is -2.42. The van der Waals surface area contributed by atoms with E-state index >= 15 is 0 Å². The lowest BCUT2D eigenvalue weighted by molar-refractivity contribution is -0.137. The summed E-state index contributed by atoms with van der Waals surface area (Å²) >= 11 is 5.55.